The molecule has 0 saturated carbocycles. The topological polar surface area (TPSA) is 327 Å². The number of pyridine rings is 6. The number of aryl methyl sites for hydroxylation is 3. The molecule has 0 atom stereocenters. The number of halogens is 2. The molecule has 0 bridgehead atoms. The van der Waals surface area contributed by atoms with Gasteiger partial charge in [0.2, 0.25) is 0 Å². The van der Waals surface area contributed by atoms with Crippen LogP contribution in [0.1, 0.15) is 139 Å². The van der Waals surface area contributed by atoms with Crippen LogP contribution in [-0.2, 0) is 144 Å². The Morgan fingerprint density at radius 3 is 1.09 bits per heavy atom. The maximum absolute atomic E-state index is 13.0. The first-order valence-electron chi connectivity index (χ1n) is 40.9. The van der Waals surface area contributed by atoms with Crippen molar-refractivity contribution >= 4 is 45.5 Å². The van der Waals surface area contributed by atoms with E-state index in [4.69, 9.17) is 59.4 Å². The molecule has 18 nitrogen and oxygen atoms in total. The molecule has 2 aliphatic rings. The standard InChI is InChI=1S/C17H18N.C15H10N.C13H10N.C12H9FN.C11H7FN.C11H8N.6C5H8O2.6Ir/c1-16(2)13-9-6-5-8-12(13)15-14(17(16,3)4)10-7-11-18-15;1-2-7-13(8-3-1)15-14-9-5-4-6-12(14)10-11-16-15;1-2-6-12-10(4-1)7-8-11-5-3-9-14-13(11)12;1-9-8-10(5-6-11(9)13)12-4-2-3-7-14-12;12-10-6-4-9(5-7-10)11-3-1-2-8-13-11;1-2-6-10(7-3-1)11-8-4-5-9-12-11;6*1-4(6)3-5(2)7;;;;;;/h5-7,9-11H,1-4H3;1-7,9-11H;1-5,9H,7-8H2;2-4,6-8H,1H3;1-4,6-8H;1-6,8-9H;6*3,6H,1-2H3;;;;;;/q6*-1;;;;;;;;;;;;/p+6. The third kappa shape index (κ3) is 49.2. The Morgan fingerprint density at radius 2 is 0.674 bits per heavy atom. The molecule has 13 aromatic rings. The maximum atomic E-state index is 13.0. The van der Waals surface area contributed by atoms with Crippen molar-refractivity contribution in [3.8, 4) is 67.5 Å². The van der Waals surface area contributed by atoms with Gasteiger partial charge in [0.05, 0.1) is 113 Å². The number of aliphatic hydroxyl groups is 6. The van der Waals surface area contributed by atoms with Crippen LogP contribution in [0.4, 0.5) is 8.78 Å². The molecular formula is C109H116F2Ir6N6O12. The van der Waals surface area contributed by atoms with Crippen LogP contribution in [0.25, 0.3) is 78.3 Å². The van der Waals surface area contributed by atoms with E-state index in [0.717, 1.165) is 74.8 Å². The second-order valence-electron chi connectivity index (χ2n) is 30.1. The molecule has 0 spiro atoms. The fraction of sp³-hybridized carbons (Fsp3) is 0.193. The second-order valence-corrected chi connectivity index (χ2v) is 30.1. The number of hydrogen-bond acceptors (Lipinski definition) is 12. The number of allylic oxidation sites excluding steroid dienone is 12. The van der Waals surface area contributed by atoms with E-state index in [1.54, 1.807) is 37.6 Å². The molecule has 6 heterocycles. The number of nitrogens with zero attached hydrogens (tertiary/aromatic N) is 6. The number of fused-ring (bicyclic) bond motifs is 7. The van der Waals surface area contributed by atoms with Crippen molar-refractivity contribution in [2.75, 3.05) is 0 Å². The summed E-state index contributed by atoms with van der Waals surface area (Å²) < 4.78 is 25.5. The summed E-state index contributed by atoms with van der Waals surface area (Å²) in [5.41, 5.74) is 18.0. The van der Waals surface area contributed by atoms with Crippen LogP contribution < -0.4 is 0 Å². The molecule has 0 aliphatic heterocycles. The van der Waals surface area contributed by atoms with E-state index in [2.05, 4.69) is 136 Å². The minimum absolute atomic E-state index is 0. The van der Waals surface area contributed by atoms with Crippen LogP contribution in [0.5, 0.6) is 0 Å². The molecule has 135 heavy (non-hydrogen) atoms. The van der Waals surface area contributed by atoms with Crippen LogP contribution in [0.2, 0.25) is 0 Å². The van der Waals surface area contributed by atoms with E-state index in [1.807, 2.05) is 170 Å². The van der Waals surface area contributed by atoms with E-state index in [1.165, 1.54) is 176 Å². The van der Waals surface area contributed by atoms with Gasteiger partial charge in [-0.3, -0.25) is 37.5 Å². The zero-order valence-electron chi connectivity index (χ0n) is 78.0. The van der Waals surface area contributed by atoms with Gasteiger partial charge in [-0.05, 0) is 140 Å². The van der Waals surface area contributed by atoms with E-state index in [9.17, 15) is 8.78 Å². The minimum atomic E-state index is -0.278. The Morgan fingerprint density at radius 1 is 0.319 bits per heavy atom. The van der Waals surface area contributed by atoms with Gasteiger partial charge in [0.25, 0.3) is 0 Å². The Bertz CT molecular complexity index is 5590. The van der Waals surface area contributed by atoms with Gasteiger partial charge in [0, 0.05) is 169 Å². The summed E-state index contributed by atoms with van der Waals surface area (Å²) in [7, 11) is 0. The van der Waals surface area contributed by atoms with Crippen molar-refractivity contribution in [2.45, 2.75) is 141 Å². The summed E-state index contributed by atoms with van der Waals surface area (Å²) in [6, 6.07) is 90.1. The third-order valence-electron chi connectivity index (χ3n) is 18.1. The van der Waals surface area contributed by atoms with Crippen LogP contribution in [-0.4, -0.2) is 124 Å². The first kappa shape index (κ1) is 128. The predicted molar refractivity (Wildman–Crippen MR) is 521 cm³/mol. The van der Waals surface area contributed by atoms with Crippen molar-refractivity contribution in [1.29, 1.82) is 0 Å². The molecule has 0 unspecified atom stereocenters. The van der Waals surface area contributed by atoms with Crippen molar-refractivity contribution < 1.29 is 189 Å². The number of benzene rings is 7. The molecule has 7 aromatic carbocycles. The molecule has 0 saturated heterocycles. The molecule has 722 valence electrons. The Hall–Kier alpha value is -11.3. The van der Waals surface area contributed by atoms with Crippen molar-refractivity contribution in [3.05, 3.63) is 408 Å². The van der Waals surface area contributed by atoms with E-state index >= 15 is 0 Å². The summed E-state index contributed by atoms with van der Waals surface area (Å²) >= 11 is 0. The molecule has 2 aliphatic carbocycles. The molecule has 6 radical (unpaired) electrons. The van der Waals surface area contributed by atoms with Gasteiger partial charge in [-0.25, -0.2) is 0 Å². The SMILES string of the molecule is CC(=[OH+])C=C(C)O.CC(=[OH+])C=C(C)O.CC(=[OH+])C=C(C)O.CC(=[OH+])C=C(C)O.CC(=[OH+])C=C(C)O.CC(=[OH+])C=C(C)O.CC1(C)c2ccc[c-]c2-c2ncccc2C1(C)C.Cc1cc(-c2ccccn2)[c-]cc1F.Fc1c[c-]c(-c2ccccn2)cc1.[Ir].[Ir].[Ir].[Ir].[Ir].[Ir].[c-]1cccc2c1-c1ncccc1CC2.[c-]1ccccc1-c1ccccn1.[c-]1ccccc1-c1nccc2ccccc12. The molecular weight excluding hydrogens is 2780 g/mol. The van der Waals surface area contributed by atoms with Crippen LogP contribution >= 0.6 is 0 Å². The molecule has 0 amide bonds. The molecule has 0 fully saturated rings. The van der Waals surface area contributed by atoms with Crippen LogP contribution in [0.3, 0.4) is 0 Å². The molecule has 15 rings (SSSR count). The van der Waals surface area contributed by atoms with E-state index < -0.39 is 0 Å². The average molecular weight is 2890 g/mol. The van der Waals surface area contributed by atoms with Gasteiger partial charge in [-0.1, -0.05) is 131 Å². The van der Waals surface area contributed by atoms with Crippen molar-refractivity contribution in [1.82, 2.24) is 29.9 Å². The van der Waals surface area contributed by atoms with Gasteiger partial charge in [-0.2, -0.15) is 0 Å². The summed E-state index contributed by atoms with van der Waals surface area (Å²) in [4.78, 5) is 76.4. The normalized spacial score (nSPS) is 11.5. The Balaban J connectivity index is -0.00000143. The number of carbonyl (C=O) groups excluding carboxylic acids is 6. The number of hydrogen-bond donors (Lipinski definition) is 6. The largest absolute Gasteiger partial charge is 0.512 e. The quantitative estimate of drug-likeness (QED) is 0.0322. The van der Waals surface area contributed by atoms with Crippen molar-refractivity contribution in [3.63, 3.8) is 0 Å². The summed E-state index contributed by atoms with van der Waals surface area (Å²) in [5.74, 6) is 0.990. The van der Waals surface area contributed by atoms with Crippen molar-refractivity contribution in [2.24, 2.45) is 0 Å². The smallest absolute Gasteiger partial charge is 0.316 e. The molecule has 6 aromatic heterocycles. The molecule has 26 heteroatoms. The van der Waals surface area contributed by atoms with E-state index in [-0.39, 0.29) is 212 Å². The van der Waals surface area contributed by atoms with Crippen LogP contribution in [0, 0.1) is 55.0 Å². The number of ketones is 6. The summed E-state index contributed by atoms with van der Waals surface area (Å²) in [6.45, 7) is 29.0. The first-order valence-corrected chi connectivity index (χ1v) is 40.9. The monoisotopic (exact) mass is 2900 g/mol. The fourth-order valence-electron chi connectivity index (χ4n) is 12.1. The zero-order valence-corrected chi connectivity index (χ0v) is 92.4. The van der Waals surface area contributed by atoms with Gasteiger partial charge < -0.3 is 60.5 Å². The maximum Gasteiger partial charge on any atom is 0.316 e. The third-order valence-corrected chi connectivity index (χ3v) is 18.1. The zero-order chi connectivity index (χ0) is 95.6. The first-order chi connectivity index (χ1) is 61.2. The fourth-order valence-corrected chi connectivity index (χ4v) is 12.1. The predicted octanol–water partition coefficient (Wildman–Crippen LogP) is 24.8. The Labute approximate surface area is 873 Å². The summed E-state index contributed by atoms with van der Waals surface area (Å²) in [6.07, 6.45) is 20.7. The number of aliphatic hydroxyl groups excluding tert-OH is 6. The van der Waals surface area contributed by atoms with Gasteiger partial charge in [0.1, 0.15) is 0 Å². The summed E-state index contributed by atoms with van der Waals surface area (Å²) in [5, 5.41) is 52.8. The van der Waals surface area contributed by atoms with Gasteiger partial charge >= 0.3 is 34.7 Å². The van der Waals surface area contributed by atoms with Gasteiger partial charge in [-0.15, -0.1) is 196 Å². The minimum Gasteiger partial charge on any atom is -0.512 e. The second kappa shape index (κ2) is 68.7. The average Bonchev–Trinajstić information content (AvgIpc) is 0.717. The number of aromatic nitrogens is 6. The molecule has 12 N–H and O–H groups in total. The van der Waals surface area contributed by atoms with Gasteiger partial charge in [0.15, 0.2) is 0 Å². The van der Waals surface area contributed by atoms with E-state index in [0.29, 0.717) is 5.56 Å². The number of rotatable bonds is 10. The Kier molecular flexibility index (Phi) is 65.0. The van der Waals surface area contributed by atoms with Crippen LogP contribution in [0.15, 0.2) is 333 Å².